The van der Waals surface area contributed by atoms with Gasteiger partial charge in [0, 0.05) is 18.4 Å². The average Bonchev–Trinajstić information content (AvgIpc) is 2.80. The third-order valence-electron chi connectivity index (χ3n) is 3.75. The molecule has 0 aliphatic carbocycles. The molecule has 100 valence electrons. The quantitative estimate of drug-likeness (QED) is 0.613. The van der Waals surface area contributed by atoms with Gasteiger partial charge in [-0.05, 0) is 49.2 Å². The Balaban J connectivity index is 2.09. The van der Waals surface area contributed by atoms with Crippen LogP contribution in [0.2, 0.25) is 0 Å². The lowest BCUT2D eigenvalue weighted by Crippen LogP contribution is -1.95. The molecule has 3 aromatic rings. The second kappa shape index (κ2) is 5.01. The molecule has 3 rings (SSSR count). The first kappa shape index (κ1) is 12.7. The van der Waals surface area contributed by atoms with Gasteiger partial charge < -0.3 is 4.57 Å². The minimum Gasteiger partial charge on any atom is -0.344 e. The SMILES string of the molecule is Cc1cccc(-c2ccc(-c3cccc(C)c3)n2C)c1. The van der Waals surface area contributed by atoms with E-state index in [0.717, 1.165) is 0 Å². The second-order valence-electron chi connectivity index (χ2n) is 5.40. The third-order valence-corrected chi connectivity index (χ3v) is 3.75. The number of benzene rings is 2. The van der Waals surface area contributed by atoms with E-state index in [9.17, 15) is 0 Å². The van der Waals surface area contributed by atoms with Crippen molar-refractivity contribution in [3.63, 3.8) is 0 Å². The minimum absolute atomic E-state index is 1.25. The molecular formula is C19H19N. The molecule has 20 heavy (non-hydrogen) atoms. The first-order chi connectivity index (χ1) is 9.65. The zero-order valence-electron chi connectivity index (χ0n) is 12.2. The molecule has 0 radical (unpaired) electrons. The molecule has 0 bridgehead atoms. The van der Waals surface area contributed by atoms with Gasteiger partial charge in [-0.15, -0.1) is 0 Å². The molecule has 0 aliphatic heterocycles. The van der Waals surface area contributed by atoms with E-state index in [1.165, 1.54) is 33.6 Å². The van der Waals surface area contributed by atoms with Crippen LogP contribution in [0, 0.1) is 13.8 Å². The highest BCUT2D eigenvalue weighted by Gasteiger charge is 2.08. The van der Waals surface area contributed by atoms with Crippen LogP contribution >= 0.6 is 0 Å². The van der Waals surface area contributed by atoms with Crippen LogP contribution < -0.4 is 0 Å². The van der Waals surface area contributed by atoms with E-state index in [2.05, 4.69) is 86.1 Å². The molecule has 1 nitrogen and oxygen atoms in total. The fourth-order valence-electron chi connectivity index (χ4n) is 2.70. The molecule has 0 atom stereocenters. The van der Waals surface area contributed by atoms with Crippen molar-refractivity contribution in [3.05, 3.63) is 71.8 Å². The van der Waals surface area contributed by atoms with Crippen molar-refractivity contribution in [1.82, 2.24) is 4.57 Å². The van der Waals surface area contributed by atoms with Crippen LogP contribution in [0.5, 0.6) is 0 Å². The summed E-state index contributed by atoms with van der Waals surface area (Å²) in [5.41, 5.74) is 7.63. The summed E-state index contributed by atoms with van der Waals surface area (Å²) in [4.78, 5) is 0. The zero-order chi connectivity index (χ0) is 14.1. The Kier molecular flexibility index (Phi) is 3.19. The van der Waals surface area contributed by atoms with Crippen LogP contribution in [0.1, 0.15) is 11.1 Å². The lowest BCUT2D eigenvalue weighted by molar-refractivity contribution is 0.945. The fourth-order valence-corrected chi connectivity index (χ4v) is 2.70. The number of hydrogen-bond donors (Lipinski definition) is 0. The average molecular weight is 261 g/mol. The van der Waals surface area contributed by atoms with Crippen LogP contribution in [0.3, 0.4) is 0 Å². The van der Waals surface area contributed by atoms with Crippen LogP contribution in [0.4, 0.5) is 0 Å². The molecule has 0 aliphatic rings. The summed E-state index contributed by atoms with van der Waals surface area (Å²) in [7, 11) is 2.13. The van der Waals surface area contributed by atoms with Gasteiger partial charge in [0.15, 0.2) is 0 Å². The minimum atomic E-state index is 1.25. The highest BCUT2D eigenvalue weighted by Crippen LogP contribution is 2.28. The number of nitrogens with zero attached hydrogens (tertiary/aromatic N) is 1. The molecule has 0 fully saturated rings. The zero-order valence-corrected chi connectivity index (χ0v) is 12.2. The maximum absolute atomic E-state index is 2.27. The Morgan fingerprint density at radius 3 is 1.50 bits per heavy atom. The van der Waals surface area contributed by atoms with Gasteiger partial charge in [0.05, 0.1) is 0 Å². The molecule has 0 N–H and O–H groups in total. The van der Waals surface area contributed by atoms with Crippen molar-refractivity contribution in [2.75, 3.05) is 0 Å². The number of aryl methyl sites for hydroxylation is 2. The normalized spacial score (nSPS) is 10.8. The predicted molar refractivity (Wildman–Crippen MR) is 85.8 cm³/mol. The Hall–Kier alpha value is -2.28. The first-order valence-electron chi connectivity index (χ1n) is 6.95. The van der Waals surface area contributed by atoms with Crippen molar-refractivity contribution in [2.24, 2.45) is 7.05 Å². The van der Waals surface area contributed by atoms with Crippen molar-refractivity contribution >= 4 is 0 Å². The Morgan fingerprint density at radius 1 is 0.650 bits per heavy atom. The van der Waals surface area contributed by atoms with Crippen LogP contribution in [0.15, 0.2) is 60.7 Å². The van der Waals surface area contributed by atoms with Gasteiger partial charge in [-0.2, -0.15) is 0 Å². The number of aromatic nitrogens is 1. The van der Waals surface area contributed by atoms with Gasteiger partial charge in [0.25, 0.3) is 0 Å². The summed E-state index contributed by atoms with van der Waals surface area (Å²) in [6, 6.07) is 21.7. The topological polar surface area (TPSA) is 4.93 Å². The summed E-state index contributed by atoms with van der Waals surface area (Å²) in [6.07, 6.45) is 0. The monoisotopic (exact) mass is 261 g/mol. The van der Waals surface area contributed by atoms with E-state index in [1.54, 1.807) is 0 Å². The van der Waals surface area contributed by atoms with Gasteiger partial charge in [-0.25, -0.2) is 0 Å². The first-order valence-corrected chi connectivity index (χ1v) is 6.95. The largest absolute Gasteiger partial charge is 0.344 e. The van der Waals surface area contributed by atoms with E-state index in [1.807, 2.05) is 0 Å². The van der Waals surface area contributed by atoms with Crippen molar-refractivity contribution in [1.29, 1.82) is 0 Å². The van der Waals surface area contributed by atoms with Gasteiger partial charge >= 0.3 is 0 Å². The summed E-state index contributed by atoms with van der Waals surface area (Å²) in [5.74, 6) is 0. The fraction of sp³-hybridized carbons (Fsp3) is 0.158. The summed E-state index contributed by atoms with van der Waals surface area (Å²) in [5, 5.41) is 0. The summed E-state index contributed by atoms with van der Waals surface area (Å²) >= 11 is 0. The molecule has 0 spiro atoms. The van der Waals surface area contributed by atoms with Gasteiger partial charge in [0.2, 0.25) is 0 Å². The molecule has 1 heteroatoms. The number of hydrogen-bond acceptors (Lipinski definition) is 0. The van der Waals surface area contributed by atoms with E-state index >= 15 is 0 Å². The standard InChI is InChI=1S/C19H19N/c1-14-6-4-8-16(12-14)18-10-11-19(20(18)3)17-9-5-7-15(2)13-17/h4-13H,1-3H3. The Labute approximate surface area is 120 Å². The maximum Gasteiger partial charge on any atom is 0.0482 e. The van der Waals surface area contributed by atoms with Gasteiger partial charge in [-0.1, -0.05) is 47.5 Å². The predicted octanol–water partition coefficient (Wildman–Crippen LogP) is 4.98. The summed E-state index contributed by atoms with van der Waals surface area (Å²) < 4.78 is 2.27. The lowest BCUT2D eigenvalue weighted by Gasteiger charge is -2.09. The van der Waals surface area contributed by atoms with E-state index in [-0.39, 0.29) is 0 Å². The molecule has 1 heterocycles. The Morgan fingerprint density at radius 2 is 1.10 bits per heavy atom. The molecule has 0 saturated heterocycles. The third kappa shape index (κ3) is 2.27. The van der Waals surface area contributed by atoms with E-state index < -0.39 is 0 Å². The molecule has 2 aromatic carbocycles. The summed E-state index contributed by atoms with van der Waals surface area (Å²) in [6.45, 7) is 4.27. The second-order valence-corrected chi connectivity index (χ2v) is 5.40. The molecule has 0 saturated carbocycles. The molecule has 0 amide bonds. The highest BCUT2D eigenvalue weighted by atomic mass is 15.0. The van der Waals surface area contributed by atoms with Gasteiger partial charge in [0.1, 0.15) is 0 Å². The lowest BCUT2D eigenvalue weighted by atomic mass is 10.1. The van der Waals surface area contributed by atoms with Crippen LogP contribution in [-0.4, -0.2) is 4.57 Å². The van der Waals surface area contributed by atoms with Crippen LogP contribution in [-0.2, 0) is 7.05 Å². The Bertz CT molecular complexity index is 687. The molecule has 1 aromatic heterocycles. The number of rotatable bonds is 2. The van der Waals surface area contributed by atoms with Crippen molar-refractivity contribution < 1.29 is 0 Å². The van der Waals surface area contributed by atoms with Gasteiger partial charge in [-0.3, -0.25) is 0 Å². The van der Waals surface area contributed by atoms with E-state index in [4.69, 9.17) is 0 Å². The van der Waals surface area contributed by atoms with E-state index in [0.29, 0.717) is 0 Å². The molecular weight excluding hydrogens is 242 g/mol. The van der Waals surface area contributed by atoms with Crippen LogP contribution in [0.25, 0.3) is 22.5 Å². The highest BCUT2D eigenvalue weighted by molar-refractivity contribution is 5.70. The van der Waals surface area contributed by atoms with Crippen molar-refractivity contribution in [2.45, 2.75) is 13.8 Å². The molecule has 0 unspecified atom stereocenters. The van der Waals surface area contributed by atoms with Crippen molar-refractivity contribution in [3.8, 4) is 22.5 Å². The maximum atomic E-state index is 2.27. The smallest absolute Gasteiger partial charge is 0.0482 e.